The molecule has 2 aromatic rings. The van der Waals surface area contributed by atoms with Crippen LogP contribution in [-0.4, -0.2) is 66.2 Å². The summed E-state index contributed by atoms with van der Waals surface area (Å²) >= 11 is 0. The van der Waals surface area contributed by atoms with E-state index in [4.69, 9.17) is 0 Å². The molecule has 0 amide bonds. The van der Waals surface area contributed by atoms with E-state index in [0.717, 1.165) is 8.79 Å². The Hall–Kier alpha value is -0.190. The molecule has 0 aliphatic heterocycles. The Morgan fingerprint density at radius 3 is 1.04 bits per heavy atom. The number of rotatable bonds is 5. The normalized spacial score (nSPS) is 11.4. The van der Waals surface area contributed by atoms with E-state index in [1.165, 1.54) is 11.1 Å². The van der Waals surface area contributed by atoms with Gasteiger partial charge in [0.2, 0.25) is 0 Å². The van der Waals surface area contributed by atoms with Crippen LogP contribution in [0.3, 0.4) is 0 Å². The van der Waals surface area contributed by atoms with Crippen LogP contribution in [0.4, 0.5) is 0 Å². The number of hydrogen-bond donors (Lipinski definition) is 0. The summed E-state index contributed by atoms with van der Waals surface area (Å²) in [6, 6.07) is 8.92. The zero-order valence-corrected chi connectivity index (χ0v) is 20.5. The minimum Gasteiger partial charge on any atom is -1.00 e. The van der Waals surface area contributed by atoms with Crippen molar-refractivity contribution in [1.82, 2.24) is 0 Å². The molecule has 2 rings (SSSR count). The van der Waals surface area contributed by atoms with Gasteiger partial charge in [-0.2, -0.15) is 0 Å². The molecule has 0 spiro atoms. The summed E-state index contributed by atoms with van der Waals surface area (Å²) in [5.41, 5.74) is 2.59. The summed E-state index contributed by atoms with van der Waals surface area (Å²) in [4.78, 5) is 0. The van der Waals surface area contributed by atoms with E-state index < -0.39 is 0 Å². The Labute approximate surface area is 182 Å². The molecule has 2 heterocycles. The van der Waals surface area contributed by atoms with Crippen LogP contribution in [0.15, 0.2) is 49.1 Å². The molecule has 2 aromatic heterocycles. The molecule has 0 unspecified atom stereocenters. The largest absolute Gasteiger partial charge is 1.00 e. The molecule has 0 fully saturated rings. The van der Waals surface area contributed by atoms with Gasteiger partial charge in [0.15, 0.2) is 0 Å². The maximum atomic E-state index is 2.36. The molecule has 8 heteroatoms. The first-order valence-electron chi connectivity index (χ1n) is 8.24. The first-order chi connectivity index (χ1) is 10.1. The van der Waals surface area contributed by atoms with Crippen molar-refractivity contribution in [3.63, 3.8) is 0 Å². The van der Waals surface area contributed by atoms with Gasteiger partial charge in [0.05, 0.1) is 0 Å². The third kappa shape index (κ3) is 8.26. The summed E-state index contributed by atoms with van der Waals surface area (Å²) in [7, 11) is 13.1. The van der Waals surface area contributed by atoms with E-state index in [2.05, 4.69) is 100 Å². The maximum Gasteiger partial charge on any atom is 0.456 e. The van der Waals surface area contributed by atoms with E-state index in [0.29, 0.717) is 0 Å². The number of halogens is 2. The number of pyridine rings is 2. The highest BCUT2D eigenvalue weighted by atomic mass is 127. The van der Waals surface area contributed by atoms with Crippen molar-refractivity contribution < 1.29 is 65.7 Å². The van der Waals surface area contributed by atoms with E-state index in [1.54, 1.807) is 0 Å². The molecule has 0 bridgehead atoms. The van der Waals surface area contributed by atoms with Gasteiger partial charge in [0, 0.05) is 66.6 Å². The van der Waals surface area contributed by atoms with Crippen molar-refractivity contribution in [2.24, 2.45) is 0 Å². The highest BCUT2D eigenvalue weighted by Crippen LogP contribution is 2.15. The SMILES string of the molecule is C[N+](C)(C)[BH2-][n+]1ccc(-c2cc[n+]([BH2-][N+](C)(C)C)cc2)cc1.[I-].[I-]. The highest BCUT2D eigenvalue weighted by molar-refractivity contribution is 6.14. The first-order valence-corrected chi connectivity index (χ1v) is 8.24. The lowest BCUT2D eigenvalue weighted by Gasteiger charge is -2.28. The number of nitrogens with zero attached hydrogens (tertiary/aromatic N) is 4. The predicted molar refractivity (Wildman–Crippen MR) is 96.2 cm³/mol. The van der Waals surface area contributed by atoms with Gasteiger partial charge >= 0.3 is 15.1 Å². The van der Waals surface area contributed by atoms with Gasteiger partial charge in [-0.05, 0) is 11.1 Å². The Morgan fingerprint density at radius 1 is 0.583 bits per heavy atom. The van der Waals surface area contributed by atoms with Crippen molar-refractivity contribution in [2.75, 3.05) is 42.3 Å². The number of hydrogen-bond acceptors (Lipinski definition) is 0. The fraction of sp³-hybridized carbons (Fsp3) is 0.375. The van der Waals surface area contributed by atoms with Gasteiger partial charge in [-0.3, -0.25) is 0 Å². The maximum absolute atomic E-state index is 2.36. The predicted octanol–water partition coefficient (Wildman–Crippen LogP) is -6.96. The smallest absolute Gasteiger partial charge is 0.456 e. The van der Waals surface area contributed by atoms with Gasteiger partial charge in [0.1, 0.15) is 24.8 Å². The quantitative estimate of drug-likeness (QED) is 0.257. The summed E-state index contributed by atoms with van der Waals surface area (Å²) in [5, 5.41) is 0. The van der Waals surface area contributed by atoms with Crippen molar-refractivity contribution >= 4 is 15.1 Å². The standard InChI is InChI=1S/C16H30B2N4.2HI/c1-21(2,3)17-19-11-7-15(8-12-19)16-9-13-20(14-10-16)18-22(4,5)6;;/h7-14H,17-18H2,1-6H3;2*1H/q+2;;/p-2. The second-order valence-electron chi connectivity index (χ2n) is 9.27. The van der Waals surface area contributed by atoms with Gasteiger partial charge in [0.25, 0.3) is 0 Å². The van der Waals surface area contributed by atoms with Crippen LogP contribution in [0, 0.1) is 0 Å². The number of quaternary nitrogens is 2. The summed E-state index contributed by atoms with van der Waals surface area (Å²) in [5.74, 6) is 0. The lowest BCUT2D eigenvalue weighted by Crippen LogP contribution is -3.00. The molecule has 0 saturated carbocycles. The fourth-order valence-corrected chi connectivity index (χ4v) is 3.04. The van der Waals surface area contributed by atoms with Crippen LogP contribution in [0.2, 0.25) is 0 Å². The molecular weight excluding hydrogens is 524 g/mol. The molecule has 4 nitrogen and oxygen atoms in total. The second-order valence-corrected chi connectivity index (χ2v) is 9.27. The monoisotopic (exact) mass is 554 g/mol. The van der Waals surface area contributed by atoms with E-state index in [-0.39, 0.29) is 63.1 Å². The summed E-state index contributed by atoms with van der Waals surface area (Å²) in [6.07, 6.45) is 8.89. The van der Waals surface area contributed by atoms with Crippen molar-refractivity contribution in [3.8, 4) is 11.1 Å². The van der Waals surface area contributed by atoms with Gasteiger partial charge in [-0.1, -0.05) is 0 Å². The Kier molecular flexibility index (Phi) is 9.42. The van der Waals surface area contributed by atoms with Crippen LogP contribution in [0.1, 0.15) is 0 Å². The fourth-order valence-electron chi connectivity index (χ4n) is 3.04. The van der Waals surface area contributed by atoms with Crippen molar-refractivity contribution in [2.45, 2.75) is 0 Å². The number of aromatic nitrogens is 2. The molecule has 0 aromatic carbocycles. The van der Waals surface area contributed by atoms with Crippen LogP contribution in [-0.2, 0) is 0 Å². The van der Waals surface area contributed by atoms with E-state index >= 15 is 0 Å². The first kappa shape index (κ1) is 23.8. The topological polar surface area (TPSA) is 7.76 Å². The van der Waals surface area contributed by atoms with Crippen LogP contribution >= 0.6 is 0 Å². The molecule has 0 saturated heterocycles. The average molecular weight is 554 g/mol. The van der Waals surface area contributed by atoms with E-state index in [9.17, 15) is 0 Å². The summed E-state index contributed by atoms with van der Waals surface area (Å²) in [6.45, 7) is 0. The molecule has 0 radical (unpaired) electrons. The molecule has 0 aliphatic carbocycles. The summed E-state index contributed by atoms with van der Waals surface area (Å²) < 4.78 is 6.81. The van der Waals surface area contributed by atoms with Crippen LogP contribution < -0.4 is 56.9 Å². The second kappa shape index (κ2) is 9.49. The molecule has 0 aliphatic rings. The molecule has 134 valence electrons. The molecule has 0 N–H and O–H groups in total. The zero-order chi connectivity index (χ0) is 16.4. The van der Waals surface area contributed by atoms with Crippen molar-refractivity contribution in [3.05, 3.63) is 49.1 Å². The molecular formula is C16H30B2I2N4. The third-order valence-corrected chi connectivity index (χ3v) is 3.95. The highest BCUT2D eigenvalue weighted by Gasteiger charge is 2.11. The van der Waals surface area contributed by atoms with Crippen LogP contribution in [0.5, 0.6) is 0 Å². The Balaban J connectivity index is 0.00000264. The Morgan fingerprint density at radius 2 is 0.833 bits per heavy atom. The average Bonchev–Trinajstić information content (AvgIpc) is 2.37. The lowest BCUT2D eigenvalue weighted by molar-refractivity contribution is -0.807. The minimum atomic E-state index is -0.210. The van der Waals surface area contributed by atoms with Gasteiger partial charge in [-0.15, -0.1) is 0 Å². The third-order valence-electron chi connectivity index (χ3n) is 3.95. The molecule has 0 atom stereocenters. The zero-order valence-electron chi connectivity index (χ0n) is 16.2. The van der Waals surface area contributed by atoms with E-state index in [1.807, 2.05) is 0 Å². The van der Waals surface area contributed by atoms with Gasteiger partial charge in [-0.25, -0.2) is 0 Å². The van der Waals surface area contributed by atoms with Gasteiger partial charge < -0.3 is 65.7 Å². The minimum absolute atomic E-state index is 0. The Bertz CT molecular complexity index is 563. The molecule has 24 heavy (non-hydrogen) atoms. The van der Waals surface area contributed by atoms with Crippen LogP contribution in [0.25, 0.3) is 11.1 Å². The lowest BCUT2D eigenvalue weighted by atomic mass is 10.0. The van der Waals surface area contributed by atoms with Crippen molar-refractivity contribution in [1.29, 1.82) is 0 Å².